The number of carbonyl (C=O) groups excluding carboxylic acids is 2. The molecule has 0 saturated carbocycles. The molecule has 0 spiro atoms. The van der Waals surface area contributed by atoms with E-state index in [1.807, 2.05) is 0 Å². The Morgan fingerprint density at radius 3 is 2.22 bits per heavy atom. The Bertz CT molecular complexity index is 1180. The van der Waals surface area contributed by atoms with Crippen LogP contribution in [0, 0.1) is 5.82 Å². The van der Waals surface area contributed by atoms with Gasteiger partial charge in [0, 0.05) is 62.1 Å². The average molecular weight is 525 g/mol. The molecule has 7 nitrogen and oxygen atoms in total. The Hall–Kier alpha value is -3.62. The molecule has 3 aromatic carbocycles. The fraction of sp³-hybridized carbons (Fsp3) is 0.286. The van der Waals surface area contributed by atoms with Crippen molar-refractivity contribution in [1.82, 2.24) is 14.7 Å². The van der Waals surface area contributed by atoms with E-state index in [0.29, 0.717) is 67.8 Å². The number of halogens is 2. The van der Waals surface area contributed by atoms with Gasteiger partial charge in [-0.05, 0) is 66.2 Å². The summed E-state index contributed by atoms with van der Waals surface area (Å²) in [5, 5.41) is 3.51. The second kappa shape index (κ2) is 12.6. The number of methoxy groups -OCH3 is 1. The molecule has 1 aliphatic rings. The number of hydrogen-bond acceptors (Lipinski definition) is 4. The third-order valence-corrected chi connectivity index (χ3v) is 6.60. The first-order valence-corrected chi connectivity index (χ1v) is 12.5. The van der Waals surface area contributed by atoms with E-state index < -0.39 is 0 Å². The van der Waals surface area contributed by atoms with Gasteiger partial charge in [0.15, 0.2) is 0 Å². The monoisotopic (exact) mass is 524 g/mol. The molecule has 1 saturated heterocycles. The van der Waals surface area contributed by atoms with Crippen LogP contribution in [0.2, 0.25) is 5.02 Å². The molecular weight excluding hydrogens is 495 g/mol. The number of nitrogens with one attached hydrogen (secondary N) is 1. The van der Waals surface area contributed by atoms with Gasteiger partial charge in [-0.3, -0.25) is 9.69 Å². The summed E-state index contributed by atoms with van der Waals surface area (Å²) in [6, 6.07) is 20.1. The van der Waals surface area contributed by atoms with E-state index in [0.717, 1.165) is 5.56 Å². The number of rotatable bonds is 8. The van der Waals surface area contributed by atoms with E-state index in [-0.39, 0.29) is 17.8 Å². The molecule has 0 aliphatic carbocycles. The number of anilines is 1. The molecule has 0 radical (unpaired) electrons. The normalized spacial score (nSPS) is 13.8. The van der Waals surface area contributed by atoms with Gasteiger partial charge in [0.25, 0.3) is 5.91 Å². The summed E-state index contributed by atoms with van der Waals surface area (Å²) in [7, 11) is 1.58. The first kappa shape index (κ1) is 26.4. The largest absolute Gasteiger partial charge is 0.497 e. The standard InChI is InChI=1S/C28H30ClFN4O3/c1-37-26-12-4-22(5-13-26)27(35)34(20-21-2-8-24(30)9-3-21)19-16-32-14-17-33(18-15-32)28(36)31-25-10-6-23(29)7-11-25/h2-13H,14-20H2,1H3,(H,31,36). The Kier molecular flexibility index (Phi) is 8.98. The molecule has 3 amide bonds. The minimum atomic E-state index is -0.310. The fourth-order valence-electron chi connectivity index (χ4n) is 4.15. The van der Waals surface area contributed by atoms with E-state index in [4.69, 9.17) is 16.3 Å². The lowest BCUT2D eigenvalue weighted by Crippen LogP contribution is -2.51. The van der Waals surface area contributed by atoms with Crippen molar-refractivity contribution in [2.75, 3.05) is 51.7 Å². The molecule has 1 N–H and O–H groups in total. The van der Waals surface area contributed by atoms with E-state index >= 15 is 0 Å². The van der Waals surface area contributed by atoms with Crippen LogP contribution < -0.4 is 10.1 Å². The lowest BCUT2D eigenvalue weighted by Gasteiger charge is -2.36. The number of urea groups is 1. The SMILES string of the molecule is COc1ccc(C(=O)N(CCN2CCN(C(=O)Nc3ccc(Cl)cc3)CC2)Cc2ccc(F)cc2)cc1. The summed E-state index contributed by atoms with van der Waals surface area (Å²) >= 11 is 5.91. The maximum absolute atomic E-state index is 13.4. The average Bonchev–Trinajstić information content (AvgIpc) is 2.93. The highest BCUT2D eigenvalue weighted by molar-refractivity contribution is 6.30. The molecule has 0 aromatic heterocycles. The van der Waals surface area contributed by atoms with Crippen molar-refractivity contribution < 1.29 is 18.7 Å². The van der Waals surface area contributed by atoms with Gasteiger partial charge in [0.2, 0.25) is 0 Å². The lowest BCUT2D eigenvalue weighted by atomic mass is 10.1. The van der Waals surface area contributed by atoms with E-state index in [2.05, 4.69) is 10.2 Å². The molecule has 0 bridgehead atoms. The maximum atomic E-state index is 13.4. The summed E-state index contributed by atoms with van der Waals surface area (Å²) in [6.07, 6.45) is 0. The first-order chi connectivity index (χ1) is 17.9. The topological polar surface area (TPSA) is 65.1 Å². The fourth-order valence-corrected chi connectivity index (χ4v) is 4.28. The van der Waals surface area contributed by atoms with Crippen LogP contribution in [0.1, 0.15) is 15.9 Å². The van der Waals surface area contributed by atoms with Crippen molar-refractivity contribution in [3.05, 3.63) is 94.8 Å². The number of amides is 3. The molecule has 1 aliphatic heterocycles. The maximum Gasteiger partial charge on any atom is 0.321 e. The van der Waals surface area contributed by atoms with Crippen LogP contribution in [0.25, 0.3) is 0 Å². The van der Waals surface area contributed by atoms with Crippen LogP contribution in [0.5, 0.6) is 5.75 Å². The summed E-state index contributed by atoms with van der Waals surface area (Å²) in [5.74, 6) is 0.266. The predicted octanol–water partition coefficient (Wildman–Crippen LogP) is 4.98. The summed E-state index contributed by atoms with van der Waals surface area (Å²) in [5.41, 5.74) is 2.11. The Morgan fingerprint density at radius 2 is 1.59 bits per heavy atom. The molecule has 1 heterocycles. The number of nitrogens with zero attached hydrogens (tertiary/aromatic N) is 3. The lowest BCUT2D eigenvalue weighted by molar-refractivity contribution is 0.0704. The van der Waals surface area contributed by atoms with Gasteiger partial charge >= 0.3 is 6.03 Å². The number of hydrogen-bond donors (Lipinski definition) is 1. The van der Waals surface area contributed by atoms with Crippen molar-refractivity contribution in [3.63, 3.8) is 0 Å². The molecule has 0 atom stereocenters. The molecule has 4 rings (SSSR count). The Morgan fingerprint density at radius 1 is 0.946 bits per heavy atom. The van der Waals surface area contributed by atoms with E-state index in [1.165, 1.54) is 12.1 Å². The van der Waals surface area contributed by atoms with Crippen molar-refractivity contribution in [2.24, 2.45) is 0 Å². The second-order valence-corrected chi connectivity index (χ2v) is 9.28. The second-order valence-electron chi connectivity index (χ2n) is 8.85. The van der Waals surface area contributed by atoms with Gasteiger partial charge in [0.05, 0.1) is 7.11 Å². The highest BCUT2D eigenvalue weighted by atomic mass is 35.5. The van der Waals surface area contributed by atoms with Crippen LogP contribution in [-0.4, -0.2) is 73.0 Å². The summed E-state index contributed by atoms with van der Waals surface area (Å²) in [6.45, 7) is 4.11. The van der Waals surface area contributed by atoms with Gasteiger partial charge in [-0.25, -0.2) is 9.18 Å². The van der Waals surface area contributed by atoms with Crippen molar-refractivity contribution in [1.29, 1.82) is 0 Å². The van der Waals surface area contributed by atoms with Gasteiger partial charge < -0.3 is 19.9 Å². The van der Waals surface area contributed by atoms with Crippen LogP contribution in [0.3, 0.4) is 0 Å². The van der Waals surface area contributed by atoms with E-state index in [1.54, 1.807) is 77.6 Å². The van der Waals surface area contributed by atoms with Crippen molar-refractivity contribution >= 4 is 29.2 Å². The molecule has 1 fully saturated rings. The highest BCUT2D eigenvalue weighted by Gasteiger charge is 2.23. The zero-order chi connectivity index (χ0) is 26.2. The molecule has 3 aromatic rings. The molecule has 9 heteroatoms. The minimum absolute atomic E-state index is 0.104. The van der Waals surface area contributed by atoms with Crippen molar-refractivity contribution in [2.45, 2.75) is 6.54 Å². The Balaban J connectivity index is 1.34. The van der Waals surface area contributed by atoms with Crippen molar-refractivity contribution in [3.8, 4) is 5.75 Å². The van der Waals surface area contributed by atoms with Crippen LogP contribution in [0.15, 0.2) is 72.8 Å². The smallest absolute Gasteiger partial charge is 0.321 e. The molecular formula is C28H30ClFN4O3. The third kappa shape index (κ3) is 7.44. The summed E-state index contributed by atoms with van der Waals surface area (Å²) in [4.78, 5) is 31.8. The first-order valence-electron chi connectivity index (χ1n) is 12.1. The van der Waals surface area contributed by atoms with E-state index in [9.17, 15) is 14.0 Å². The molecule has 0 unspecified atom stereocenters. The quantitative estimate of drug-likeness (QED) is 0.451. The van der Waals surface area contributed by atoms with Crippen LogP contribution in [0.4, 0.5) is 14.9 Å². The minimum Gasteiger partial charge on any atom is -0.497 e. The molecule has 37 heavy (non-hydrogen) atoms. The van der Waals surface area contributed by atoms with Gasteiger partial charge in [-0.1, -0.05) is 23.7 Å². The number of ether oxygens (including phenoxy) is 1. The van der Waals surface area contributed by atoms with Gasteiger partial charge in [0.1, 0.15) is 11.6 Å². The number of benzene rings is 3. The number of carbonyl (C=O) groups is 2. The third-order valence-electron chi connectivity index (χ3n) is 6.35. The van der Waals surface area contributed by atoms with Gasteiger partial charge in [-0.15, -0.1) is 0 Å². The van der Waals surface area contributed by atoms with Crippen LogP contribution >= 0.6 is 11.6 Å². The number of piperazine rings is 1. The van der Waals surface area contributed by atoms with Crippen LogP contribution in [-0.2, 0) is 6.54 Å². The van der Waals surface area contributed by atoms with Gasteiger partial charge in [-0.2, -0.15) is 0 Å². The zero-order valence-electron chi connectivity index (χ0n) is 20.7. The Labute approximate surface area is 221 Å². The zero-order valence-corrected chi connectivity index (χ0v) is 21.5. The summed E-state index contributed by atoms with van der Waals surface area (Å²) < 4.78 is 18.6. The highest BCUT2D eigenvalue weighted by Crippen LogP contribution is 2.17. The predicted molar refractivity (Wildman–Crippen MR) is 143 cm³/mol. The molecule has 194 valence electrons.